The molecular weight excluding hydrogens is 170 g/mol. The van der Waals surface area contributed by atoms with Gasteiger partial charge in [-0.1, -0.05) is 6.92 Å². The summed E-state index contributed by atoms with van der Waals surface area (Å²) >= 11 is 1.68. The van der Waals surface area contributed by atoms with Crippen molar-refractivity contribution in [3.63, 3.8) is 0 Å². The Balaban J connectivity index is 2.74. The zero-order valence-corrected chi connectivity index (χ0v) is 8.27. The summed E-state index contributed by atoms with van der Waals surface area (Å²) in [5, 5.41) is 9.24. The normalized spacial score (nSPS) is 16.0. The third-order valence-electron chi connectivity index (χ3n) is 1.88. The molecule has 0 amide bonds. The lowest BCUT2D eigenvalue weighted by Crippen LogP contribution is -2.21. The number of aryl methyl sites for hydroxylation is 1. The number of aliphatic hydroxyl groups is 1. The molecule has 0 aliphatic carbocycles. The number of hydrogen-bond donors (Lipinski definition) is 2. The van der Waals surface area contributed by atoms with Crippen molar-refractivity contribution in [2.75, 3.05) is 0 Å². The smallest absolute Gasteiger partial charge is 0.0712 e. The van der Waals surface area contributed by atoms with Gasteiger partial charge in [-0.3, -0.25) is 0 Å². The van der Waals surface area contributed by atoms with Gasteiger partial charge in [0.25, 0.3) is 0 Å². The van der Waals surface area contributed by atoms with Crippen LogP contribution in [0.2, 0.25) is 0 Å². The highest BCUT2D eigenvalue weighted by molar-refractivity contribution is 7.12. The molecule has 1 rings (SSSR count). The molecule has 0 aliphatic rings. The highest BCUT2D eigenvalue weighted by Gasteiger charge is 2.13. The van der Waals surface area contributed by atoms with Crippen LogP contribution < -0.4 is 5.73 Å². The third-order valence-corrected chi connectivity index (χ3v) is 3.21. The first-order valence-corrected chi connectivity index (χ1v) is 4.99. The highest BCUT2D eigenvalue weighted by Crippen LogP contribution is 2.23. The average molecular weight is 185 g/mol. The zero-order chi connectivity index (χ0) is 9.14. The minimum absolute atomic E-state index is 0.227. The Labute approximate surface area is 77.0 Å². The molecule has 2 atom stereocenters. The van der Waals surface area contributed by atoms with Crippen LogP contribution in [0.15, 0.2) is 12.1 Å². The lowest BCUT2D eigenvalue weighted by atomic mass is 10.1. The molecule has 1 aromatic heterocycles. The SMILES string of the molecule is CCc1ccc(C(N)C(C)O)s1. The van der Waals surface area contributed by atoms with Crippen LogP contribution in [0.25, 0.3) is 0 Å². The fourth-order valence-electron chi connectivity index (χ4n) is 1.00. The average Bonchev–Trinajstić information content (AvgIpc) is 2.50. The quantitative estimate of drug-likeness (QED) is 0.752. The van der Waals surface area contributed by atoms with Crippen molar-refractivity contribution in [3.05, 3.63) is 21.9 Å². The molecule has 12 heavy (non-hydrogen) atoms. The molecule has 3 N–H and O–H groups in total. The van der Waals surface area contributed by atoms with Crippen molar-refractivity contribution in [1.82, 2.24) is 0 Å². The maximum atomic E-state index is 9.24. The van der Waals surface area contributed by atoms with Gasteiger partial charge in [0, 0.05) is 9.75 Å². The Morgan fingerprint density at radius 1 is 1.58 bits per heavy atom. The molecule has 0 spiro atoms. The fraction of sp³-hybridized carbons (Fsp3) is 0.556. The molecule has 1 heterocycles. The molecule has 0 fully saturated rings. The van der Waals surface area contributed by atoms with E-state index in [2.05, 4.69) is 13.0 Å². The molecule has 0 aliphatic heterocycles. The van der Waals surface area contributed by atoms with E-state index in [9.17, 15) is 5.11 Å². The van der Waals surface area contributed by atoms with Crippen molar-refractivity contribution >= 4 is 11.3 Å². The number of hydrogen-bond acceptors (Lipinski definition) is 3. The minimum atomic E-state index is -0.464. The van der Waals surface area contributed by atoms with E-state index in [4.69, 9.17) is 5.73 Å². The van der Waals surface area contributed by atoms with Crippen LogP contribution >= 0.6 is 11.3 Å². The fourth-order valence-corrected chi connectivity index (χ4v) is 2.05. The number of rotatable bonds is 3. The van der Waals surface area contributed by atoms with E-state index in [1.165, 1.54) is 4.88 Å². The third kappa shape index (κ3) is 2.06. The first-order chi connectivity index (χ1) is 5.65. The molecule has 2 nitrogen and oxygen atoms in total. The molecule has 0 aromatic carbocycles. The van der Waals surface area contributed by atoms with Gasteiger partial charge in [0.2, 0.25) is 0 Å². The molecule has 0 saturated carbocycles. The summed E-state index contributed by atoms with van der Waals surface area (Å²) in [6.07, 6.45) is 0.574. The Kier molecular flexibility index (Phi) is 3.26. The molecular formula is C9H15NOS. The Bertz CT molecular complexity index is 244. The van der Waals surface area contributed by atoms with Crippen LogP contribution in [0.3, 0.4) is 0 Å². The topological polar surface area (TPSA) is 46.2 Å². The number of thiophene rings is 1. The Hall–Kier alpha value is -0.380. The van der Waals surface area contributed by atoms with Gasteiger partial charge in [0.15, 0.2) is 0 Å². The van der Waals surface area contributed by atoms with E-state index in [1.54, 1.807) is 18.3 Å². The monoisotopic (exact) mass is 185 g/mol. The van der Waals surface area contributed by atoms with Crippen molar-refractivity contribution in [1.29, 1.82) is 0 Å². The summed E-state index contributed by atoms with van der Waals surface area (Å²) in [5.74, 6) is 0. The summed E-state index contributed by atoms with van der Waals surface area (Å²) in [7, 11) is 0. The van der Waals surface area contributed by atoms with Gasteiger partial charge in [-0.15, -0.1) is 11.3 Å². The second-order valence-electron chi connectivity index (χ2n) is 2.92. The largest absolute Gasteiger partial charge is 0.391 e. The van der Waals surface area contributed by atoms with Gasteiger partial charge >= 0.3 is 0 Å². The van der Waals surface area contributed by atoms with Gasteiger partial charge in [-0.05, 0) is 25.5 Å². The van der Waals surface area contributed by atoms with E-state index in [0.717, 1.165) is 11.3 Å². The summed E-state index contributed by atoms with van der Waals surface area (Å²) in [6, 6.07) is 3.85. The first-order valence-electron chi connectivity index (χ1n) is 4.17. The lowest BCUT2D eigenvalue weighted by molar-refractivity contribution is 0.165. The van der Waals surface area contributed by atoms with Crippen LogP contribution in [0.5, 0.6) is 0 Å². The predicted molar refractivity (Wildman–Crippen MR) is 52.3 cm³/mol. The Morgan fingerprint density at radius 2 is 2.25 bits per heavy atom. The van der Waals surface area contributed by atoms with Gasteiger partial charge in [0.1, 0.15) is 0 Å². The van der Waals surface area contributed by atoms with E-state index < -0.39 is 6.10 Å². The lowest BCUT2D eigenvalue weighted by Gasteiger charge is -2.11. The van der Waals surface area contributed by atoms with Crippen LogP contribution in [0, 0.1) is 0 Å². The minimum Gasteiger partial charge on any atom is -0.391 e. The van der Waals surface area contributed by atoms with Crippen LogP contribution in [0.4, 0.5) is 0 Å². The summed E-state index contributed by atoms with van der Waals surface area (Å²) in [6.45, 7) is 3.83. The van der Waals surface area contributed by atoms with E-state index in [0.29, 0.717) is 0 Å². The van der Waals surface area contributed by atoms with Crippen molar-refractivity contribution in [2.24, 2.45) is 5.73 Å². The molecule has 0 radical (unpaired) electrons. The van der Waals surface area contributed by atoms with Crippen molar-refractivity contribution < 1.29 is 5.11 Å². The van der Waals surface area contributed by atoms with Gasteiger partial charge in [-0.25, -0.2) is 0 Å². The zero-order valence-electron chi connectivity index (χ0n) is 7.45. The Morgan fingerprint density at radius 3 is 2.67 bits per heavy atom. The standard InChI is InChI=1S/C9H15NOS/c1-3-7-4-5-8(12-7)9(10)6(2)11/h4-6,9,11H,3,10H2,1-2H3. The maximum Gasteiger partial charge on any atom is 0.0712 e. The number of aliphatic hydroxyl groups excluding tert-OH is 1. The molecule has 3 heteroatoms. The van der Waals surface area contributed by atoms with Crippen LogP contribution in [0.1, 0.15) is 29.6 Å². The van der Waals surface area contributed by atoms with Gasteiger partial charge < -0.3 is 10.8 Å². The molecule has 0 bridgehead atoms. The first kappa shape index (κ1) is 9.71. The van der Waals surface area contributed by atoms with Crippen LogP contribution in [-0.2, 0) is 6.42 Å². The van der Waals surface area contributed by atoms with Crippen molar-refractivity contribution in [2.45, 2.75) is 32.4 Å². The van der Waals surface area contributed by atoms with E-state index >= 15 is 0 Å². The van der Waals surface area contributed by atoms with E-state index in [1.807, 2.05) is 6.07 Å². The molecule has 2 unspecified atom stereocenters. The van der Waals surface area contributed by atoms with Crippen LogP contribution in [-0.4, -0.2) is 11.2 Å². The van der Waals surface area contributed by atoms with Crippen molar-refractivity contribution in [3.8, 4) is 0 Å². The highest BCUT2D eigenvalue weighted by atomic mass is 32.1. The summed E-state index contributed by atoms with van der Waals surface area (Å²) in [4.78, 5) is 2.39. The second-order valence-corrected chi connectivity index (χ2v) is 4.12. The van der Waals surface area contributed by atoms with Gasteiger partial charge in [0.05, 0.1) is 12.1 Å². The predicted octanol–water partition coefficient (Wildman–Crippen LogP) is 1.69. The summed E-state index contributed by atoms with van der Waals surface area (Å²) < 4.78 is 0. The van der Waals surface area contributed by atoms with Gasteiger partial charge in [-0.2, -0.15) is 0 Å². The molecule has 0 saturated heterocycles. The van der Waals surface area contributed by atoms with E-state index in [-0.39, 0.29) is 6.04 Å². The maximum absolute atomic E-state index is 9.24. The summed E-state index contributed by atoms with van der Waals surface area (Å²) in [5.41, 5.74) is 5.77. The number of nitrogens with two attached hydrogens (primary N) is 1. The molecule has 1 aromatic rings. The molecule has 68 valence electrons. The second kappa shape index (κ2) is 4.03.